The van der Waals surface area contributed by atoms with E-state index in [0.717, 1.165) is 9.92 Å². The minimum Gasteiger partial charge on any atom is -0.250 e. The van der Waals surface area contributed by atoms with E-state index in [1.54, 1.807) is 12.3 Å². The van der Waals surface area contributed by atoms with Crippen molar-refractivity contribution in [3.8, 4) is 0 Å². The molecule has 0 aliphatic rings. The van der Waals surface area contributed by atoms with Crippen LogP contribution in [0.4, 0.5) is 0 Å². The second-order valence-corrected chi connectivity index (χ2v) is 4.40. The summed E-state index contributed by atoms with van der Waals surface area (Å²) < 4.78 is 0. The Kier molecular flexibility index (Phi) is 3.41. The minimum atomic E-state index is 0.317. The molecule has 0 amide bonds. The van der Waals surface area contributed by atoms with Crippen molar-refractivity contribution in [2.24, 2.45) is 0 Å². The van der Waals surface area contributed by atoms with Crippen LogP contribution in [-0.2, 0) is 0 Å². The Morgan fingerprint density at radius 2 is 2.00 bits per heavy atom. The maximum atomic E-state index is 5.87. The van der Waals surface area contributed by atoms with E-state index in [0.29, 0.717) is 10.3 Å². The summed E-state index contributed by atoms with van der Waals surface area (Å²) >= 11 is 13.0. The molecular weight excluding hydrogens is 253 g/mol. The van der Waals surface area contributed by atoms with E-state index in [1.807, 2.05) is 18.2 Å². The van der Waals surface area contributed by atoms with Gasteiger partial charge in [-0.1, -0.05) is 41.0 Å². The van der Waals surface area contributed by atoms with E-state index in [9.17, 15) is 0 Å². The molecule has 0 saturated carbocycles. The predicted octanol–water partition coefficient (Wildman–Crippen LogP) is 3.33. The van der Waals surface area contributed by atoms with Crippen LogP contribution in [0.15, 0.2) is 40.4 Å². The molecular formula is C9H5Cl2N3S. The molecule has 0 radical (unpaired) electrons. The fourth-order valence-electron chi connectivity index (χ4n) is 0.929. The molecule has 2 rings (SSSR count). The van der Waals surface area contributed by atoms with Gasteiger partial charge >= 0.3 is 0 Å². The summed E-state index contributed by atoms with van der Waals surface area (Å²) in [6.45, 7) is 0. The van der Waals surface area contributed by atoms with E-state index in [-0.39, 0.29) is 0 Å². The van der Waals surface area contributed by atoms with Crippen LogP contribution in [0.5, 0.6) is 0 Å². The molecule has 0 bridgehead atoms. The fourth-order valence-corrected chi connectivity index (χ4v) is 2.13. The van der Waals surface area contributed by atoms with Crippen LogP contribution in [0.3, 0.4) is 0 Å². The number of pyridine rings is 1. The van der Waals surface area contributed by atoms with E-state index in [4.69, 9.17) is 23.2 Å². The Labute approximate surface area is 101 Å². The van der Waals surface area contributed by atoms with E-state index in [2.05, 4.69) is 15.2 Å². The first-order valence-corrected chi connectivity index (χ1v) is 5.60. The molecule has 0 fully saturated rings. The SMILES string of the molecule is Clc1cc(Sc2ccccn2)c(Cl)nn1. The number of aromatic nitrogens is 3. The number of halogens is 2. The van der Waals surface area contributed by atoms with Gasteiger partial charge in [-0.25, -0.2) is 4.98 Å². The zero-order valence-electron chi connectivity index (χ0n) is 7.39. The second-order valence-electron chi connectivity index (χ2n) is 2.59. The van der Waals surface area contributed by atoms with Gasteiger partial charge in [0.1, 0.15) is 5.03 Å². The van der Waals surface area contributed by atoms with Gasteiger partial charge in [0.15, 0.2) is 10.3 Å². The molecule has 2 aromatic rings. The third-order valence-electron chi connectivity index (χ3n) is 1.54. The van der Waals surface area contributed by atoms with Gasteiger partial charge < -0.3 is 0 Å². The Morgan fingerprint density at radius 3 is 2.73 bits per heavy atom. The average Bonchev–Trinajstić information content (AvgIpc) is 2.25. The van der Waals surface area contributed by atoms with Crippen LogP contribution >= 0.6 is 35.0 Å². The van der Waals surface area contributed by atoms with Crippen molar-refractivity contribution >= 4 is 35.0 Å². The van der Waals surface area contributed by atoms with Gasteiger partial charge in [0.05, 0.1) is 4.90 Å². The molecule has 0 unspecified atom stereocenters. The first kappa shape index (κ1) is 10.7. The predicted molar refractivity (Wildman–Crippen MR) is 60.4 cm³/mol. The van der Waals surface area contributed by atoms with Gasteiger partial charge in [0, 0.05) is 6.20 Å². The number of hydrogen-bond donors (Lipinski definition) is 0. The van der Waals surface area contributed by atoms with Crippen molar-refractivity contribution < 1.29 is 0 Å². The summed E-state index contributed by atoms with van der Waals surface area (Å²) in [7, 11) is 0. The van der Waals surface area contributed by atoms with Gasteiger partial charge in [0.25, 0.3) is 0 Å². The molecule has 3 nitrogen and oxygen atoms in total. The van der Waals surface area contributed by atoms with Gasteiger partial charge in [-0.05, 0) is 18.2 Å². The molecule has 0 aliphatic heterocycles. The molecule has 0 spiro atoms. The summed E-state index contributed by atoms with van der Waals surface area (Å²) in [6.07, 6.45) is 1.71. The van der Waals surface area contributed by atoms with Crippen molar-refractivity contribution in [2.45, 2.75) is 9.92 Å². The molecule has 0 atom stereocenters. The van der Waals surface area contributed by atoms with Gasteiger partial charge in [0.2, 0.25) is 0 Å². The largest absolute Gasteiger partial charge is 0.250 e. The Morgan fingerprint density at radius 1 is 1.13 bits per heavy atom. The highest BCUT2D eigenvalue weighted by Gasteiger charge is 2.06. The fraction of sp³-hybridized carbons (Fsp3) is 0. The highest BCUT2D eigenvalue weighted by atomic mass is 35.5. The smallest absolute Gasteiger partial charge is 0.165 e. The van der Waals surface area contributed by atoms with Crippen molar-refractivity contribution in [1.82, 2.24) is 15.2 Å². The Hall–Kier alpha value is -0.840. The van der Waals surface area contributed by atoms with E-state index >= 15 is 0 Å². The van der Waals surface area contributed by atoms with Crippen LogP contribution in [0.25, 0.3) is 0 Å². The molecule has 2 heterocycles. The van der Waals surface area contributed by atoms with Crippen LogP contribution in [0.1, 0.15) is 0 Å². The zero-order chi connectivity index (χ0) is 10.7. The maximum absolute atomic E-state index is 5.87. The van der Waals surface area contributed by atoms with Gasteiger partial charge in [-0.15, -0.1) is 10.2 Å². The van der Waals surface area contributed by atoms with E-state index < -0.39 is 0 Å². The van der Waals surface area contributed by atoms with Gasteiger partial charge in [-0.3, -0.25) is 0 Å². The molecule has 2 aromatic heterocycles. The molecule has 0 aromatic carbocycles. The lowest BCUT2D eigenvalue weighted by molar-refractivity contribution is 0.996. The normalized spacial score (nSPS) is 10.3. The molecule has 0 N–H and O–H groups in total. The minimum absolute atomic E-state index is 0.317. The van der Waals surface area contributed by atoms with Gasteiger partial charge in [-0.2, -0.15) is 0 Å². The van der Waals surface area contributed by atoms with Crippen LogP contribution < -0.4 is 0 Å². The van der Waals surface area contributed by atoms with Crippen LogP contribution in [-0.4, -0.2) is 15.2 Å². The molecule has 0 aliphatic carbocycles. The molecule has 0 saturated heterocycles. The summed E-state index contributed by atoms with van der Waals surface area (Å²) in [5.41, 5.74) is 0. The summed E-state index contributed by atoms with van der Waals surface area (Å²) in [5, 5.41) is 8.82. The third-order valence-corrected chi connectivity index (χ3v) is 3.10. The Bertz CT molecular complexity index is 464. The number of nitrogens with zero attached hydrogens (tertiary/aromatic N) is 3. The summed E-state index contributed by atoms with van der Waals surface area (Å²) in [5.74, 6) is 0. The molecule has 6 heteroatoms. The van der Waals surface area contributed by atoms with Crippen LogP contribution in [0.2, 0.25) is 10.3 Å². The highest BCUT2D eigenvalue weighted by Crippen LogP contribution is 2.31. The number of hydrogen-bond acceptors (Lipinski definition) is 4. The topological polar surface area (TPSA) is 38.7 Å². The highest BCUT2D eigenvalue weighted by molar-refractivity contribution is 7.99. The first-order valence-electron chi connectivity index (χ1n) is 4.03. The second kappa shape index (κ2) is 4.79. The molecule has 76 valence electrons. The molecule has 15 heavy (non-hydrogen) atoms. The zero-order valence-corrected chi connectivity index (χ0v) is 9.72. The van der Waals surface area contributed by atoms with Crippen molar-refractivity contribution in [1.29, 1.82) is 0 Å². The average molecular weight is 258 g/mol. The first-order chi connectivity index (χ1) is 7.25. The Balaban J connectivity index is 2.28. The van der Waals surface area contributed by atoms with E-state index in [1.165, 1.54) is 11.8 Å². The van der Waals surface area contributed by atoms with Crippen molar-refractivity contribution in [3.05, 3.63) is 40.8 Å². The summed E-state index contributed by atoms with van der Waals surface area (Å²) in [6, 6.07) is 7.30. The van der Waals surface area contributed by atoms with Crippen molar-refractivity contribution in [2.75, 3.05) is 0 Å². The lowest BCUT2D eigenvalue weighted by Crippen LogP contribution is -1.86. The third kappa shape index (κ3) is 2.81. The lowest BCUT2D eigenvalue weighted by atomic mass is 10.5. The maximum Gasteiger partial charge on any atom is 0.165 e. The standard InChI is InChI=1S/C9H5Cl2N3S/c10-7-5-6(9(11)14-13-7)15-8-3-1-2-4-12-8/h1-5H. The monoisotopic (exact) mass is 257 g/mol. The lowest BCUT2D eigenvalue weighted by Gasteiger charge is -2.01. The number of rotatable bonds is 2. The van der Waals surface area contributed by atoms with Crippen molar-refractivity contribution in [3.63, 3.8) is 0 Å². The van der Waals surface area contributed by atoms with Crippen LogP contribution in [0, 0.1) is 0 Å². The quantitative estimate of drug-likeness (QED) is 0.828. The summed E-state index contributed by atoms with van der Waals surface area (Å²) in [4.78, 5) is 4.90.